The Morgan fingerprint density at radius 1 is 1.43 bits per heavy atom. The van der Waals surface area contributed by atoms with E-state index in [4.69, 9.17) is 0 Å². The Kier molecular flexibility index (Phi) is 3.66. The standard InChI is InChI=1S/C9H17NO3S/c1-7(2)14(12,13)4-3-9(11)8-5-10-6-8/h7-8,10H,3-6H2,1-2H3. The molecule has 4 nitrogen and oxygen atoms in total. The SMILES string of the molecule is CC(C)S(=O)(=O)CCC(=O)C1CNC1. The van der Waals surface area contributed by atoms with Gasteiger partial charge in [-0.15, -0.1) is 0 Å². The molecular weight excluding hydrogens is 202 g/mol. The van der Waals surface area contributed by atoms with Crippen LogP contribution in [0.25, 0.3) is 0 Å². The summed E-state index contributed by atoms with van der Waals surface area (Å²) in [5.41, 5.74) is 0. The zero-order valence-corrected chi connectivity index (χ0v) is 9.43. The lowest BCUT2D eigenvalue weighted by molar-refractivity contribution is -0.123. The molecule has 1 fully saturated rings. The first-order valence-electron chi connectivity index (χ1n) is 4.88. The molecule has 0 amide bonds. The lowest BCUT2D eigenvalue weighted by Gasteiger charge is -2.25. The molecule has 82 valence electrons. The van der Waals surface area contributed by atoms with Crippen LogP contribution in [0.1, 0.15) is 20.3 Å². The van der Waals surface area contributed by atoms with Gasteiger partial charge < -0.3 is 5.32 Å². The number of rotatable bonds is 5. The summed E-state index contributed by atoms with van der Waals surface area (Å²) in [5.74, 6) is 0.130. The van der Waals surface area contributed by atoms with Gasteiger partial charge in [0.25, 0.3) is 0 Å². The summed E-state index contributed by atoms with van der Waals surface area (Å²) in [6, 6.07) is 0. The van der Waals surface area contributed by atoms with Gasteiger partial charge >= 0.3 is 0 Å². The summed E-state index contributed by atoms with van der Waals surface area (Å²) in [6.07, 6.45) is 0.173. The highest BCUT2D eigenvalue weighted by molar-refractivity contribution is 7.91. The molecule has 1 heterocycles. The Balaban J connectivity index is 2.36. The van der Waals surface area contributed by atoms with Crippen LogP contribution in [0.3, 0.4) is 0 Å². The average Bonchev–Trinajstić information content (AvgIpc) is 1.97. The number of hydrogen-bond acceptors (Lipinski definition) is 4. The average molecular weight is 219 g/mol. The van der Waals surface area contributed by atoms with Crippen LogP contribution in [0.5, 0.6) is 0 Å². The minimum Gasteiger partial charge on any atom is -0.315 e. The number of carbonyl (C=O) groups is 1. The Morgan fingerprint density at radius 2 is 2.00 bits per heavy atom. The fourth-order valence-electron chi connectivity index (χ4n) is 1.20. The van der Waals surface area contributed by atoms with Gasteiger partial charge in [0, 0.05) is 25.4 Å². The van der Waals surface area contributed by atoms with Crippen molar-refractivity contribution >= 4 is 15.6 Å². The van der Waals surface area contributed by atoms with Crippen LogP contribution >= 0.6 is 0 Å². The molecule has 0 unspecified atom stereocenters. The zero-order valence-electron chi connectivity index (χ0n) is 8.62. The van der Waals surface area contributed by atoms with E-state index in [0.717, 1.165) is 0 Å². The van der Waals surface area contributed by atoms with Gasteiger partial charge in [-0.25, -0.2) is 8.42 Å². The van der Waals surface area contributed by atoms with Gasteiger partial charge in [-0.2, -0.15) is 0 Å². The highest BCUT2D eigenvalue weighted by Gasteiger charge is 2.26. The van der Waals surface area contributed by atoms with Crippen molar-refractivity contribution in [3.05, 3.63) is 0 Å². The third-order valence-corrected chi connectivity index (χ3v) is 4.80. The normalized spacial score (nSPS) is 18.2. The molecule has 1 aliphatic rings. The van der Waals surface area contributed by atoms with E-state index < -0.39 is 9.84 Å². The van der Waals surface area contributed by atoms with Gasteiger partial charge in [-0.1, -0.05) is 0 Å². The highest BCUT2D eigenvalue weighted by Crippen LogP contribution is 2.10. The van der Waals surface area contributed by atoms with Crippen LogP contribution in [0.2, 0.25) is 0 Å². The maximum absolute atomic E-state index is 11.4. The fourth-order valence-corrected chi connectivity index (χ4v) is 2.16. The molecule has 14 heavy (non-hydrogen) atoms. The fraction of sp³-hybridized carbons (Fsp3) is 0.889. The van der Waals surface area contributed by atoms with Crippen molar-refractivity contribution in [3.8, 4) is 0 Å². The molecule has 0 aromatic carbocycles. The third-order valence-electron chi connectivity index (χ3n) is 2.59. The lowest BCUT2D eigenvalue weighted by Crippen LogP contribution is -2.46. The minimum absolute atomic E-state index is 0. The summed E-state index contributed by atoms with van der Waals surface area (Å²) < 4.78 is 22.8. The van der Waals surface area contributed by atoms with Crippen LogP contribution in [0.15, 0.2) is 0 Å². The van der Waals surface area contributed by atoms with Crippen molar-refractivity contribution < 1.29 is 13.2 Å². The van der Waals surface area contributed by atoms with E-state index >= 15 is 0 Å². The first kappa shape index (κ1) is 11.7. The van der Waals surface area contributed by atoms with Crippen molar-refractivity contribution in [2.24, 2.45) is 5.92 Å². The van der Waals surface area contributed by atoms with Crippen LogP contribution in [-0.2, 0) is 14.6 Å². The Bertz CT molecular complexity index is 304. The van der Waals surface area contributed by atoms with E-state index in [2.05, 4.69) is 5.32 Å². The van der Waals surface area contributed by atoms with E-state index in [0.29, 0.717) is 13.1 Å². The number of sulfone groups is 1. The maximum Gasteiger partial charge on any atom is 0.153 e. The molecule has 5 heteroatoms. The summed E-state index contributed by atoms with van der Waals surface area (Å²) in [7, 11) is -3.05. The van der Waals surface area contributed by atoms with Gasteiger partial charge in [-0.05, 0) is 13.8 Å². The topological polar surface area (TPSA) is 63.2 Å². The van der Waals surface area contributed by atoms with Crippen LogP contribution in [-0.4, -0.2) is 38.3 Å². The van der Waals surface area contributed by atoms with Crippen molar-refractivity contribution in [2.75, 3.05) is 18.8 Å². The quantitative estimate of drug-likeness (QED) is 0.706. The Hall–Kier alpha value is -0.420. The largest absolute Gasteiger partial charge is 0.315 e. The second kappa shape index (κ2) is 4.40. The predicted octanol–water partition coefficient (Wildman–Crippen LogP) is -0.0118. The predicted molar refractivity (Wildman–Crippen MR) is 54.9 cm³/mol. The zero-order chi connectivity index (χ0) is 10.8. The number of nitrogens with one attached hydrogen (secondary N) is 1. The number of ketones is 1. The van der Waals surface area contributed by atoms with Crippen LogP contribution in [0, 0.1) is 5.92 Å². The van der Waals surface area contributed by atoms with Crippen molar-refractivity contribution in [3.63, 3.8) is 0 Å². The van der Waals surface area contributed by atoms with Gasteiger partial charge in [0.1, 0.15) is 5.78 Å². The van der Waals surface area contributed by atoms with E-state index in [-0.39, 0.29) is 29.1 Å². The summed E-state index contributed by atoms with van der Waals surface area (Å²) >= 11 is 0. The second-order valence-corrected chi connectivity index (χ2v) is 6.66. The van der Waals surface area contributed by atoms with E-state index in [1.807, 2.05) is 0 Å². The second-order valence-electron chi connectivity index (χ2n) is 3.99. The number of carbonyl (C=O) groups excluding carboxylic acids is 1. The van der Waals surface area contributed by atoms with Crippen LogP contribution in [0.4, 0.5) is 0 Å². The first-order valence-corrected chi connectivity index (χ1v) is 6.60. The molecule has 0 atom stereocenters. The molecule has 0 spiro atoms. The van der Waals surface area contributed by atoms with Gasteiger partial charge in [0.15, 0.2) is 9.84 Å². The molecule has 0 bridgehead atoms. The lowest BCUT2D eigenvalue weighted by atomic mass is 9.97. The monoisotopic (exact) mass is 219 g/mol. The summed E-state index contributed by atoms with van der Waals surface area (Å²) in [6.45, 7) is 4.70. The molecule has 0 saturated carbocycles. The van der Waals surface area contributed by atoms with Gasteiger partial charge in [0.2, 0.25) is 0 Å². The molecule has 0 aliphatic carbocycles. The molecule has 1 aliphatic heterocycles. The summed E-state index contributed by atoms with van der Waals surface area (Å²) in [4.78, 5) is 11.4. The van der Waals surface area contributed by atoms with Crippen molar-refractivity contribution in [1.82, 2.24) is 5.32 Å². The molecule has 1 N–H and O–H groups in total. The van der Waals surface area contributed by atoms with Gasteiger partial charge in [-0.3, -0.25) is 4.79 Å². The summed E-state index contributed by atoms with van der Waals surface area (Å²) in [5, 5.41) is 2.61. The highest BCUT2D eigenvalue weighted by atomic mass is 32.2. The Morgan fingerprint density at radius 3 is 2.36 bits per heavy atom. The number of Topliss-reactive ketones (excluding diaryl/α,β-unsaturated/α-hetero) is 1. The van der Waals surface area contributed by atoms with Crippen molar-refractivity contribution in [1.29, 1.82) is 0 Å². The maximum atomic E-state index is 11.4. The minimum atomic E-state index is -3.05. The van der Waals surface area contributed by atoms with Crippen molar-refractivity contribution in [2.45, 2.75) is 25.5 Å². The first-order chi connectivity index (χ1) is 6.43. The molecule has 1 saturated heterocycles. The molecule has 0 radical (unpaired) electrons. The van der Waals surface area contributed by atoms with Gasteiger partial charge in [0.05, 0.1) is 11.0 Å². The van der Waals surface area contributed by atoms with E-state index in [9.17, 15) is 13.2 Å². The molecule has 0 aromatic rings. The van der Waals surface area contributed by atoms with Crippen LogP contribution < -0.4 is 5.32 Å². The molecule has 1 rings (SSSR count). The smallest absolute Gasteiger partial charge is 0.153 e. The molecular formula is C9H17NO3S. The third kappa shape index (κ3) is 2.78. The van der Waals surface area contributed by atoms with E-state index in [1.165, 1.54) is 0 Å². The Labute approximate surface area is 85.0 Å². The number of hydrogen-bond donors (Lipinski definition) is 1. The van der Waals surface area contributed by atoms with E-state index in [1.54, 1.807) is 13.8 Å². The molecule has 0 aromatic heterocycles.